The fourth-order valence-corrected chi connectivity index (χ4v) is 3.15. The molecule has 0 bridgehead atoms. The van der Waals surface area contributed by atoms with Gasteiger partial charge in [0.1, 0.15) is 5.69 Å². The van der Waals surface area contributed by atoms with Gasteiger partial charge in [0.05, 0.1) is 5.56 Å². The second kappa shape index (κ2) is 7.44. The van der Waals surface area contributed by atoms with E-state index >= 15 is 0 Å². The van der Waals surface area contributed by atoms with Crippen molar-refractivity contribution in [3.63, 3.8) is 0 Å². The highest BCUT2D eigenvalue weighted by Gasteiger charge is 2.34. The van der Waals surface area contributed by atoms with E-state index in [-0.39, 0.29) is 22.6 Å². The van der Waals surface area contributed by atoms with E-state index < -0.39 is 5.97 Å². The van der Waals surface area contributed by atoms with Gasteiger partial charge in [0.25, 0.3) is 5.91 Å². The number of aromatic nitrogens is 1. The van der Waals surface area contributed by atoms with Crippen LogP contribution in [0, 0.1) is 0 Å². The van der Waals surface area contributed by atoms with Gasteiger partial charge in [-0.2, -0.15) is 0 Å². The van der Waals surface area contributed by atoms with Crippen LogP contribution in [0.25, 0.3) is 0 Å². The van der Waals surface area contributed by atoms with E-state index in [0.29, 0.717) is 19.8 Å². The number of carboxylic acids is 1. The summed E-state index contributed by atoms with van der Waals surface area (Å²) in [4.78, 5) is 27.5. The zero-order chi connectivity index (χ0) is 17.7. The van der Waals surface area contributed by atoms with Crippen LogP contribution in [0.5, 0.6) is 0 Å². The van der Waals surface area contributed by atoms with Crippen molar-refractivity contribution in [3.05, 3.63) is 65.5 Å². The second-order valence-corrected chi connectivity index (χ2v) is 6.18. The molecule has 3 rings (SSSR count). The number of carbonyl (C=O) groups excluding carboxylic acids is 1. The molecule has 2 N–H and O–H groups in total. The van der Waals surface area contributed by atoms with Gasteiger partial charge in [-0.25, -0.2) is 4.79 Å². The fraction of sp³-hybridized carbons (Fsp3) is 0.316. The summed E-state index contributed by atoms with van der Waals surface area (Å²) in [6.07, 6.45) is 2.97. The van der Waals surface area contributed by atoms with Crippen LogP contribution < -0.4 is 5.32 Å². The van der Waals surface area contributed by atoms with E-state index in [9.17, 15) is 9.59 Å². The van der Waals surface area contributed by atoms with Gasteiger partial charge in [0.15, 0.2) is 0 Å². The molecule has 130 valence electrons. The monoisotopic (exact) mass is 340 g/mol. The lowest BCUT2D eigenvalue weighted by molar-refractivity contribution is 0.0486. The number of carbonyl (C=O) groups is 2. The van der Waals surface area contributed by atoms with Crippen LogP contribution in [0.15, 0.2) is 48.7 Å². The van der Waals surface area contributed by atoms with E-state index in [2.05, 4.69) is 22.4 Å². The van der Waals surface area contributed by atoms with Crippen molar-refractivity contribution in [2.45, 2.75) is 18.3 Å². The number of nitrogens with one attached hydrogen (secondary N) is 1. The van der Waals surface area contributed by atoms with Crippen molar-refractivity contribution in [2.24, 2.45) is 0 Å². The quantitative estimate of drug-likeness (QED) is 0.871. The summed E-state index contributed by atoms with van der Waals surface area (Å²) in [7, 11) is 0. The van der Waals surface area contributed by atoms with E-state index in [1.807, 2.05) is 18.2 Å². The lowest BCUT2D eigenvalue weighted by Crippen LogP contribution is -2.44. The molecule has 25 heavy (non-hydrogen) atoms. The van der Waals surface area contributed by atoms with Gasteiger partial charge >= 0.3 is 5.97 Å². The smallest absolute Gasteiger partial charge is 0.335 e. The standard InChI is InChI=1S/C19H20N2O4/c22-17(16-12-14(18(23)24)6-9-20-16)21-13-19(7-10-25-11-8-19)15-4-2-1-3-5-15/h1-6,9,12H,7-8,10-11,13H2,(H,21,22)(H,23,24). The van der Waals surface area contributed by atoms with Crippen molar-refractivity contribution in [2.75, 3.05) is 19.8 Å². The number of nitrogens with zero attached hydrogens (tertiary/aromatic N) is 1. The van der Waals surface area contributed by atoms with E-state index in [1.165, 1.54) is 23.9 Å². The maximum Gasteiger partial charge on any atom is 0.335 e. The first-order valence-electron chi connectivity index (χ1n) is 8.22. The Morgan fingerprint density at radius 3 is 2.56 bits per heavy atom. The number of hydrogen-bond acceptors (Lipinski definition) is 4. The maximum absolute atomic E-state index is 12.4. The molecule has 6 nitrogen and oxygen atoms in total. The lowest BCUT2D eigenvalue weighted by Gasteiger charge is -2.38. The number of aromatic carboxylic acids is 1. The van der Waals surface area contributed by atoms with E-state index in [4.69, 9.17) is 9.84 Å². The first-order chi connectivity index (χ1) is 12.1. The van der Waals surface area contributed by atoms with Gasteiger partial charge in [-0.15, -0.1) is 0 Å². The third-order valence-corrected chi connectivity index (χ3v) is 4.66. The number of ether oxygens (including phenoxy) is 1. The summed E-state index contributed by atoms with van der Waals surface area (Å²) in [6.45, 7) is 1.76. The second-order valence-electron chi connectivity index (χ2n) is 6.18. The maximum atomic E-state index is 12.4. The Morgan fingerprint density at radius 2 is 1.88 bits per heavy atom. The zero-order valence-electron chi connectivity index (χ0n) is 13.8. The van der Waals surface area contributed by atoms with Gasteiger partial charge < -0.3 is 15.2 Å². The molecular weight excluding hydrogens is 320 g/mol. The first kappa shape index (κ1) is 17.1. The molecule has 0 aliphatic carbocycles. The summed E-state index contributed by atoms with van der Waals surface area (Å²) in [5.74, 6) is -1.45. The van der Waals surface area contributed by atoms with Gasteiger partial charge in [-0.3, -0.25) is 9.78 Å². The minimum Gasteiger partial charge on any atom is -0.478 e. The molecule has 1 aromatic carbocycles. The topological polar surface area (TPSA) is 88.5 Å². The molecule has 1 aromatic heterocycles. The molecule has 2 aromatic rings. The highest BCUT2D eigenvalue weighted by Crippen LogP contribution is 2.34. The van der Waals surface area contributed by atoms with Gasteiger partial charge in [0.2, 0.25) is 0 Å². The van der Waals surface area contributed by atoms with Crippen molar-refractivity contribution in [1.29, 1.82) is 0 Å². The Kier molecular flexibility index (Phi) is 5.09. The average molecular weight is 340 g/mol. The highest BCUT2D eigenvalue weighted by molar-refractivity contribution is 5.95. The van der Waals surface area contributed by atoms with Crippen LogP contribution in [0.3, 0.4) is 0 Å². The van der Waals surface area contributed by atoms with Crippen LogP contribution in [-0.4, -0.2) is 41.7 Å². The fourth-order valence-electron chi connectivity index (χ4n) is 3.15. The van der Waals surface area contributed by atoms with Crippen molar-refractivity contribution < 1.29 is 19.4 Å². The molecule has 2 heterocycles. The predicted octanol–water partition coefficient (Wildman–Crippen LogP) is 2.26. The van der Waals surface area contributed by atoms with Crippen LogP contribution in [-0.2, 0) is 10.2 Å². The molecule has 0 radical (unpaired) electrons. The lowest BCUT2D eigenvalue weighted by atomic mass is 9.74. The molecule has 1 saturated heterocycles. The molecule has 0 spiro atoms. The van der Waals surface area contributed by atoms with Crippen LogP contribution in [0.2, 0.25) is 0 Å². The molecule has 0 unspecified atom stereocenters. The van der Waals surface area contributed by atoms with Gasteiger partial charge in [-0.05, 0) is 30.5 Å². The third kappa shape index (κ3) is 3.85. The highest BCUT2D eigenvalue weighted by atomic mass is 16.5. The average Bonchev–Trinajstić information content (AvgIpc) is 2.67. The largest absolute Gasteiger partial charge is 0.478 e. The zero-order valence-corrected chi connectivity index (χ0v) is 13.8. The summed E-state index contributed by atoms with van der Waals surface area (Å²) in [5, 5.41) is 12.0. The molecule has 0 atom stereocenters. The molecule has 1 aliphatic rings. The summed E-state index contributed by atoms with van der Waals surface area (Å²) in [6, 6.07) is 12.7. The number of amides is 1. The molecular formula is C19H20N2O4. The number of benzene rings is 1. The predicted molar refractivity (Wildman–Crippen MR) is 91.7 cm³/mol. The van der Waals surface area contributed by atoms with Crippen LogP contribution in [0.1, 0.15) is 39.3 Å². The van der Waals surface area contributed by atoms with Crippen molar-refractivity contribution in [3.8, 4) is 0 Å². The summed E-state index contributed by atoms with van der Waals surface area (Å²) >= 11 is 0. The summed E-state index contributed by atoms with van der Waals surface area (Å²) < 4.78 is 5.49. The van der Waals surface area contributed by atoms with Crippen molar-refractivity contribution in [1.82, 2.24) is 10.3 Å². The number of hydrogen-bond donors (Lipinski definition) is 2. The third-order valence-electron chi connectivity index (χ3n) is 4.66. The SMILES string of the molecule is O=C(O)c1ccnc(C(=O)NCC2(c3ccccc3)CCOCC2)c1. The first-order valence-corrected chi connectivity index (χ1v) is 8.22. The molecule has 6 heteroatoms. The van der Waals surface area contributed by atoms with Gasteiger partial charge in [-0.1, -0.05) is 30.3 Å². The summed E-state index contributed by atoms with van der Waals surface area (Å²) in [5.41, 5.74) is 1.14. The van der Waals surface area contributed by atoms with Crippen LogP contribution >= 0.6 is 0 Å². The molecule has 1 fully saturated rings. The number of pyridine rings is 1. The Labute approximate surface area is 145 Å². The van der Waals surface area contributed by atoms with E-state index in [0.717, 1.165) is 12.8 Å². The molecule has 1 aliphatic heterocycles. The van der Waals surface area contributed by atoms with Crippen LogP contribution in [0.4, 0.5) is 0 Å². The van der Waals surface area contributed by atoms with Gasteiger partial charge in [0, 0.05) is 31.4 Å². The Morgan fingerprint density at radius 1 is 1.16 bits per heavy atom. The Bertz CT molecular complexity index is 755. The Balaban J connectivity index is 1.76. The minimum atomic E-state index is -1.08. The Hall–Kier alpha value is -2.73. The van der Waals surface area contributed by atoms with Crippen molar-refractivity contribution >= 4 is 11.9 Å². The molecule has 1 amide bonds. The normalized spacial score (nSPS) is 16.2. The van der Waals surface area contributed by atoms with E-state index in [1.54, 1.807) is 0 Å². The molecule has 0 saturated carbocycles. The minimum absolute atomic E-state index is 0.0454. The number of carboxylic acid groups (broad SMARTS) is 1. The number of rotatable bonds is 5.